The van der Waals surface area contributed by atoms with Crippen LogP contribution in [0.1, 0.15) is 24.3 Å². The molecule has 1 atom stereocenters. The highest BCUT2D eigenvalue weighted by molar-refractivity contribution is 7.89. The maximum atomic E-state index is 13.5. The molecule has 1 N–H and O–H groups in total. The van der Waals surface area contributed by atoms with Crippen molar-refractivity contribution < 1.29 is 22.5 Å². The number of aromatic nitrogens is 2. The van der Waals surface area contributed by atoms with E-state index in [4.69, 9.17) is 9.26 Å². The lowest BCUT2D eigenvalue weighted by atomic mass is 9.98. The molecule has 174 valence electrons. The van der Waals surface area contributed by atoms with Gasteiger partial charge in [-0.1, -0.05) is 23.4 Å². The highest BCUT2D eigenvalue weighted by Gasteiger charge is 2.34. The molecular weight excluding hydrogens is 444 g/mol. The molecule has 9 nitrogen and oxygen atoms in total. The zero-order valence-electron chi connectivity index (χ0n) is 18.7. The Morgan fingerprint density at radius 1 is 1.21 bits per heavy atom. The Bertz CT molecular complexity index is 1270. The fourth-order valence-electron chi connectivity index (χ4n) is 3.89. The summed E-state index contributed by atoms with van der Waals surface area (Å²) in [6, 6.07) is 12.1. The highest BCUT2D eigenvalue weighted by atomic mass is 32.2. The molecule has 0 unspecified atom stereocenters. The molecule has 0 spiro atoms. The minimum atomic E-state index is -3.82. The van der Waals surface area contributed by atoms with Crippen LogP contribution in [-0.4, -0.2) is 49.0 Å². The van der Waals surface area contributed by atoms with Gasteiger partial charge in [0.2, 0.25) is 27.6 Å². The molecule has 1 aromatic heterocycles. The van der Waals surface area contributed by atoms with Crippen molar-refractivity contribution in [3.8, 4) is 17.1 Å². The summed E-state index contributed by atoms with van der Waals surface area (Å²) in [4.78, 5) is 17.2. The van der Waals surface area contributed by atoms with Crippen molar-refractivity contribution in [2.45, 2.75) is 31.6 Å². The number of benzene rings is 2. The first-order valence-electron chi connectivity index (χ1n) is 10.6. The molecule has 0 aliphatic carbocycles. The van der Waals surface area contributed by atoms with Crippen LogP contribution in [0, 0.1) is 19.8 Å². The van der Waals surface area contributed by atoms with Crippen molar-refractivity contribution in [3.63, 3.8) is 0 Å². The quantitative estimate of drug-likeness (QED) is 0.587. The van der Waals surface area contributed by atoms with Crippen LogP contribution >= 0.6 is 0 Å². The van der Waals surface area contributed by atoms with E-state index in [1.807, 2.05) is 0 Å². The minimum Gasteiger partial charge on any atom is -0.497 e. The largest absolute Gasteiger partial charge is 0.497 e. The minimum absolute atomic E-state index is 0.114. The number of ether oxygens (including phenoxy) is 1. The standard InChI is InChI=1S/C23H26N4O5S/c1-15-9-10-17(22-24-16(2)32-26-22)12-21(15)33(29,30)27-11-5-6-18(14-27)23(28)25-19-7-4-8-20(13-19)31-3/h4,7-10,12-13,18H,5-6,11,14H2,1-3H3,(H,25,28)/t18-/m0/s1. The van der Waals surface area contributed by atoms with Crippen LogP contribution in [0.25, 0.3) is 11.4 Å². The molecular formula is C23H26N4O5S. The molecule has 1 aliphatic heterocycles. The van der Waals surface area contributed by atoms with Crippen LogP contribution in [0.5, 0.6) is 5.75 Å². The van der Waals surface area contributed by atoms with E-state index in [2.05, 4.69) is 15.5 Å². The number of carbonyl (C=O) groups is 1. The molecule has 1 aliphatic rings. The molecule has 3 aromatic rings. The fraction of sp³-hybridized carbons (Fsp3) is 0.348. The second kappa shape index (κ2) is 9.32. The summed E-state index contributed by atoms with van der Waals surface area (Å²) in [6.07, 6.45) is 1.21. The van der Waals surface area contributed by atoms with E-state index < -0.39 is 15.9 Å². The number of amides is 1. The van der Waals surface area contributed by atoms with Crippen LogP contribution in [0.4, 0.5) is 5.69 Å². The van der Waals surface area contributed by atoms with E-state index in [-0.39, 0.29) is 17.3 Å². The zero-order chi connectivity index (χ0) is 23.6. The molecule has 1 amide bonds. The SMILES string of the molecule is COc1cccc(NC(=O)[C@H]2CCCN(S(=O)(=O)c3cc(-c4noc(C)n4)ccc3C)C2)c1. The lowest BCUT2D eigenvalue weighted by molar-refractivity contribution is -0.120. The van der Waals surface area contributed by atoms with Gasteiger partial charge in [0, 0.05) is 37.3 Å². The Morgan fingerprint density at radius 3 is 2.76 bits per heavy atom. The van der Waals surface area contributed by atoms with Crippen LogP contribution in [0.15, 0.2) is 51.9 Å². The van der Waals surface area contributed by atoms with Gasteiger partial charge in [0.05, 0.1) is 17.9 Å². The van der Waals surface area contributed by atoms with Gasteiger partial charge in [-0.25, -0.2) is 8.42 Å². The summed E-state index contributed by atoms with van der Waals surface area (Å²) in [6.45, 7) is 3.89. The predicted octanol–water partition coefficient (Wildman–Crippen LogP) is 3.40. The number of carbonyl (C=O) groups excluding carboxylic acids is 1. The van der Waals surface area contributed by atoms with E-state index >= 15 is 0 Å². The van der Waals surface area contributed by atoms with Gasteiger partial charge in [0.15, 0.2) is 0 Å². The second-order valence-electron chi connectivity index (χ2n) is 8.04. The van der Waals surface area contributed by atoms with Gasteiger partial charge >= 0.3 is 0 Å². The number of methoxy groups -OCH3 is 1. The fourth-order valence-corrected chi connectivity index (χ4v) is 5.67. The van der Waals surface area contributed by atoms with E-state index in [1.165, 1.54) is 4.31 Å². The number of hydrogen-bond acceptors (Lipinski definition) is 7. The molecule has 0 saturated carbocycles. The molecule has 4 rings (SSSR count). The summed E-state index contributed by atoms with van der Waals surface area (Å²) in [5, 5.41) is 6.76. The molecule has 0 bridgehead atoms. The van der Waals surface area contributed by atoms with Crippen molar-refractivity contribution in [2.75, 3.05) is 25.5 Å². The van der Waals surface area contributed by atoms with Crippen molar-refractivity contribution in [1.82, 2.24) is 14.4 Å². The van der Waals surface area contributed by atoms with Crippen LogP contribution in [0.2, 0.25) is 0 Å². The average Bonchev–Trinajstić information content (AvgIpc) is 3.25. The van der Waals surface area contributed by atoms with Gasteiger partial charge in [0.1, 0.15) is 5.75 Å². The van der Waals surface area contributed by atoms with Crippen LogP contribution in [0.3, 0.4) is 0 Å². The molecule has 1 saturated heterocycles. The topological polar surface area (TPSA) is 115 Å². The lowest BCUT2D eigenvalue weighted by Crippen LogP contribution is -2.43. The first kappa shape index (κ1) is 22.9. The summed E-state index contributed by atoms with van der Waals surface area (Å²) >= 11 is 0. The van der Waals surface area contributed by atoms with Crippen molar-refractivity contribution in [1.29, 1.82) is 0 Å². The molecule has 0 radical (unpaired) electrons. The maximum Gasteiger partial charge on any atom is 0.243 e. The summed E-state index contributed by atoms with van der Waals surface area (Å²) in [5.74, 6) is 0.695. The number of piperidine rings is 1. The van der Waals surface area contributed by atoms with Gasteiger partial charge < -0.3 is 14.6 Å². The monoisotopic (exact) mass is 470 g/mol. The number of aryl methyl sites for hydroxylation is 2. The smallest absolute Gasteiger partial charge is 0.243 e. The Hall–Kier alpha value is -3.24. The van der Waals surface area contributed by atoms with E-state index in [1.54, 1.807) is 63.4 Å². The van der Waals surface area contributed by atoms with Crippen LogP contribution < -0.4 is 10.1 Å². The van der Waals surface area contributed by atoms with Crippen molar-refractivity contribution >= 4 is 21.6 Å². The first-order chi connectivity index (χ1) is 15.8. The molecule has 1 fully saturated rings. The molecule has 10 heteroatoms. The normalized spacial score (nSPS) is 17.0. The van der Waals surface area contributed by atoms with E-state index in [0.717, 1.165) is 0 Å². The van der Waals surface area contributed by atoms with E-state index in [0.29, 0.717) is 53.7 Å². The third kappa shape index (κ3) is 4.91. The lowest BCUT2D eigenvalue weighted by Gasteiger charge is -2.31. The van der Waals surface area contributed by atoms with Gasteiger partial charge in [0.25, 0.3) is 0 Å². The first-order valence-corrected chi connectivity index (χ1v) is 12.1. The predicted molar refractivity (Wildman–Crippen MR) is 122 cm³/mol. The third-order valence-corrected chi connectivity index (χ3v) is 7.69. The zero-order valence-corrected chi connectivity index (χ0v) is 19.6. The Labute approximate surface area is 192 Å². The number of anilines is 1. The van der Waals surface area contributed by atoms with E-state index in [9.17, 15) is 13.2 Å². The van der Waals surface area contributed by atoms with Crippen molar-refractivity contribution in [2.24, 2.45) is 5.92 Å². The maximum absolute atomic E-state index is 13.5. The highest BCUT2D eigenvalue weighted by Crippen LogP contribution is 2.29. The Morgan fingerprint density at radius 2 is 2.03 bits per heavy atom. The van der Waals surface area contributed by atoms with Gasteiger partial charge in [-0.3, -0.25) is 4.79 Å². The number of nitrogens with one attached hydrogen (secondary N) is 1. The molecule has 2 aromatic carbocycles. The van der Waals surface area contributed by atoms with Crippen molar-refractivity contribution in [3.05, 3.63) is 53.9 Å². The number of rotatable bonds is 6. The van der Waals surface area contributed by atoms with Gasteiger partial charge in [-0.15, -0.1) is 0 Å². The Balaban J connectivity index is 1.54. The second-order valence-corrected chi connectivity index (χ2v) is 9.95. The van der Waals surface area contributed by atoms with Crippen LogP contribution in [-0.2, 0) is 14.8 Å². The average molecular weight is 471 g/mol. The van der Waals surface area contributed by atoms with Gasteiger partial charge in [-0.2, -0.15) is 9.29 Å². The summed E-state index contributed by atoms with van der Waals surface area (Å²) < 4.78 is 38.6. The summed E-state index contributed by atoms with van der Waals surface area (Å²) in [7, 11) is -2.26. The van der Waals surface area contributed by atoms with Gasteiger partial charge in [-0.05, 0) is 43.5 Å². The summed E-state index contributed by atoms with van der Waals surface area (Å²) in [5.41, 5.74) is 1.78. The molecule has 33 heavy (non-hydrogen) atoms. The number of sulfonamides is 1. The Kier molecular flexibility index (Phi) is 6.48. The number of nitrogens with zero attached hydrogens (tertiary/aromatic N) is 3. The molecule has 2 heterocycles. The number of hydrogen-bond donors (Lipinski definition) is 1. The third-order valence-electron chi connectivity index (χ3n) is 5.68.